The van der Waals surface area contributed by atoms with Crippen LogP contribution in [0.4, 0.5) is 0 Å². The summed E-state index contributed by atoms with van der Waals surface area (Å²) in [6.07, 6.45) is 5.29. The first kappa shape index (κ1) is 15.1. The van der Waals surface area contributed by atoms with E-state index < -0.39 is 0 Å². The van der Waals surface area contributed by atoms with Crippen LogP contribution in [0, 0.1) is 17.8 Å². The molecule has 0 bridgehead atoms. The third kappa shape index (κ3) is 4.06. The van der Waals surface area contributed by atoms with E-state index in [1.54, 1.807) is 0 Å². The molecule has 0 aliphatic heterocycles. The van der Waals surface area contributed by atoms with Crippen molar-refractivity contribution in [1.82, 2.24) is 5.32 Å². The summed E-state index contributed by atoms with van der Waals surface area (Å²) in [6.45, 7) is 4.75. The highest BCUT2D eigenvalue weighted by Gasteiger charge is 2.30. The van der Waals surface area contributed by atoms with Crippen LogP contribution in [-0.4, -0.2) is 13.1 Å². The molecule has 0 amide bonds. The molecule has 2 rings (SSSR count). The molecule has 1 aromatic carbocycles. The highest BCUT2D eigenvalue weighted by Crippen LogP contribution is 2.35. The maximum atomic E-state index is 3.58. The smallest absolute Gasteiger partial charge is 0.0177 e. The first-order valence-corrected chi connectivity index (χ1v) is 8.31. The standard InChI is InChI=1S/C17H26BrN/c1-12(2)14-7-8-17(19-3)15(11-14)9-13-5-4-6-16(18)10-13/h4-6,10,12,14-15,17,19H,7-9,11H2,1-3H3. The Morgan fingerprint density at radius 1 is 1.32 bits per heavy atom. The molecule has 0 saturated heterocycles. The average molecular weight is 324 g/mol. The zero-order chi connectivity index (χ0) is 13.8. The summed E-state index contributed by atoms with van der Waals surface area (Å²) in [7, 11) is 2.12. The normalized spacial score (nSPS) is 27.7. The lowest BCUT2D eigenvalue weighted by Gasteiger charge is -2.38. The number of halogens is 1. The number of hydrogen-bond acceptors (Lipinski definition) is 1. The Labute approximate surface area is 126 Å². The van der Waals surface area contributed by atoms with Gasteiger partial charge in [0.25, 0.3) is 0 Å². The van der Waals surface area contributed by atoms with Gasteiger partial charge in [-0.05, 0) is 68.2 Å². The Morgan fingerprint density at radius 2 is 2.11 bits per heavy atom. The molecule has 0 spiro atoms. The summed E-state index contributed by atoms with van der Waals surface area (Å²) in [5, 5.41) is 3.54. The minimum Gasteiger partial charge on any atom is -0.317 e. The van der Waals surface area contributed by atoms with Gasteiger partial charge in [0, 0.05) is 10.5 Å². The van der Waals surface area contributed by atoms with Gasteiger partial charge in [-0.3, -0.25) is 0 Å². The Bertz CT molecular complexity index is 402. The Kier molecular flexibility index (Phi) is 5.47. The van der Waals surface area contributed by atoms with Gasteiger partial charge in [0.1, 0.15) is 0 Å². The number of hydrogen-bond donors (Lipinski definition) is 1. The quantitative estimate of drug-likeness (QED) is 0.850. The monoisotopic (exact) mass is 323 g/mol. The lowest BCUT2D eigenvalue weighted by atomic mass is 9.72. The molecule has 1 N–H and O–H groups in total. The molecule has 1 aliphatic carbocycles. The summed E-state index contributed by atoms with van der Waals surface area (Å²) in [5.41, 5.74) is 1.46. The van der Waals surface area contributed by atoms with Crippen molar-refractivity contribution in [2.45, 2.75) is 45.6 Å². The fourth-order valence-corrected chi connectivity index (χ4v) is 3.92. The van der Waals surface area contributed by atoms with Gasteiger partial charge in [-0.25, -0.2) is 0 Å². The Morgan fingerprint density at radius 3 is 2.74 bits per heavy atom. The molecule has 19 heavy (non-hydrogen) atoms. The molecule has 2 heteroatoms. The van der Waals surface area contributed by atoms with Crippen molar-refractivity contribution in [3.8, 4) is 0 Å². The Hall–Kier alpha value is -0.340. The summed E-state index contributed by atoms with van der Waals surface area (Å²) in [5.74, 6) is 2.50. The minimum atomic E-state index is 0.689. The second kappa shape index (κ2) is 6.90. The van der Waals surface area contributed by atoms with E-state index in [9.17, 15) is 0 Å². The molecule has 0 heterocycles. The van der Waals surface area contributed by atoms with Gasteiger partial charge in [-0.15, -0.1) is 0 Å². The largest absolute Gasteiger partial charge is 0.317 e. The van der Waals surface area contributed by atoms with Gasteiger partial charge in [0.05, 0.1) is 0 Å². The fourth-order valence-electron chi connectivity index (χ4n) is 3.48. The van der Waals surface area contributed by atoms with E-state index >= 15 is 0 Å². The van der Waals surface area contributed by atoms with E-state index in [2.05, 4.69) is 66.4 Å². The van der Waals surface area contributed by atoms with Crippen LogP contribution in [0.15, 0.2) is 28.7 Å². The van der Waals surface area contributed by atoms with Gasteiger partial charge in [0.2, 0.25) is 0 Å². The molecule has 1 fully saturated rings. The van der Waals surface area contributed by atoms with Gasteiger partial charge < -0.3 is 5.32 Å². The third-order valence-corrected chi connectivity index (χ3v) is 5.22. The summed E-state index contributed by atoms with van der Waals surface area (Å²) >= 11 is 3.58. The van der Waals surface area contributed by atoms with E-state index in [1.807, 2.05) is 0 Å². The van der Waals surface area contributed by atoms with E-state index in [0.717, 1.165) is 17.8 Å². The van der Waals surface area contributed by atoms with Gasteiger partial charge in [0.15, 0.2) is 0 Å². The molecule has 106 valence electrons. The van der Waals surface area contributed by atoms with Crippen LogP contribution in [0.3, 0.4) is 0 Å². The van der Waals surface area contributed by atoms with E-state index in [-0.39, 0.29) is 0 Å². The minimum absolute atomic E-state index is 0.689. The topological polar surface area (TPSA) is 12.0 Å². The van der Waals surface area contributed by atoms with Crippen molar-refractivity contribution in [1.29, 1.82) is 0 Å². The van der Waals surface area contributed by atoms with Crippen molar-refractivity contribution in [3.63, 3.8) is 0 Å². The van der Waals surface area contributed by atoms with E-state index in [4.69, 9.17) is 0 Å². The van der Waals surface area contributed by atoms with Crippen LogP contribution in [-0.2, 0) is 6.42 Å². The van der Waals surface area contributed by atoms with E-state index in [0.29, 0.717) is 6.04 Å². The zero-order valence-corrected chi connectivity index (χ0v) is 13.9. The zero-order valence-electron chi connectivity index (χ0n) is 12.3. The van der Waals surface area contributed by atoms with Crippen molar-refractivity contribution in [2.75, 3.05) is 7.05 Å². The number of nitrogens with one attached hydrogen (secondary N) is 1. The Balaban J connectivity index is 2.06. The summed E-state index contributed by atoms with van der Waals surface area (Å²) in [6, 6.07) is 9.48. The molecule has 0 radical (unpaired) electrons. The number of benzene rings is 1. The second-order valence-electron chi connectivity index (χ2n) is 6.31. The number of rotatable bonds is 4. The van der Waals surface area contributed by atoms with Crippen LogP contribution in [0.5, 0.6) is 0 Å². The predicted molar refractivity (Wildman–Crippen MR) is 86.4 cm³/mol. The second-order valence-corrected chi connectivity index (χ2v) is 7.22. The molecule has 1 saturated carbocycles. The molecule has 1 nitrogen and oxygen atoms in total. The lowest BCUT2D eigenvalue weighted by molar-refractivity contribution is 0.173. The molecule has 0 aromatic heterocycles. The molecule has 3 atom stereocenters. The lowest BCUT2D eigenvalue weighted by Crippen LogP contribution is -2.40. The van der Waals surface area contributed by atoms with Gasteiger partial charge in [-0.1, -0.05) is 41.9 Å². The maximum absolute atomic E-state index is 3.58. The van der Waals surface area contributed by atoms with Crippen LogP contribution in [0.1, 0.15) is 38.7 Å². The molecular weight excluding hydrogens is 298 g/mol. The SMILES string of the molecule is CNC1CCC(C(C)C)CC1Cc1cccc(Br)c1. The van der Waals surface area contributed by atoms with Crippen molar-refractivity contribution in [2.24, 2.45) is 17.8 Å². The summed E-state index contributed by atoms with van der Waals surface area (Å²) < 4.78 is 1.20. The van der Waals surface area contributed by atoms with Gasteiger partial charge >= 0.3 is 0 Å². The third-order valence-electron chi connectivity index (χ3n) is 4.72. The first-order chi connectivity index (χ1) is 9.10. The predicted octanol–water partition coefficient (Wildman–Crippen LogP) is 4.65. The fraction of sp³-hybridized carbons (Fsp3) is 0.647. The molecule has 1 aromatic rings. The van der Waals surface area contributed by atoms with Crippen molar-refractivity contribution in [3.05, 3.63) is 34.3 Å². The van der Waals surface area contributed by atoms with E-state index in [1.165, 1.54) is 35.7 Å². The van der Waals surface area contributed by atoms with Crippen molar-refractivity contribution >= 4 is 15.9 Å². The van der Waals surface area contributed by atoms with Gasteiger partial charge in [-0.2, -0.15) is 0 Å². The first-order valence-electron chi connectivity index (χ1n) is 7.52. The highest BCUT2D eigenvalue weighted by molar-refractivity contribution is 9.10. The molecular formula is C17H26BrN. The van der Waals surface area contributed by atoms with Crippen molar-refractivity contribution < 1.29 is 0 Å². The van der Waals surface area contributed by atoms with Crippen LogP contribution in [0.25, 0.3) is 0 Å². The molecule has 1 aliphatic rings. The maximum Gasteiger partial charge on any atom is 0.0177 e. The summed E-state index contributed by atoms with van der Waals surface area (Å²) in [4.78, 5) is 0. The van der Waals surface area contributed by atoms with Crippen LogP contribution >= 0.6 is 15.9 Å². The van der Waals surface area contributed by atoms with Crippen LogP contribution < -0.4 is 5.32 Å². The molecule has 3 unspecified atom stereocenters. The average Bonchev–Trinajstić information content (AvgIpc) is 2.38. The highest BCUT2D eigenvalue weighted by atomic mass is 79.9. The van der Waals surface area contributed by atoms with Crippen LogP contribution in [0.2, 0.25) is 0 Å².